The van der Waals surface area contributed by atoms with E-state index in [2.05, 4.69) is 39.5 Å². The molecule has 0 saturated carbocycles. The van der Waals surface area contributed by atoms with Crippen molar-refractivity contribution in [3.05, 3.63) is 184 Å². The van der Waals surface area contributed by atoms with Crippen LogP contribution in [0.5, 0.6) is 11.5 Å². The van der Waals surface area contributed by atoms with Crippen molar-refractivity contribution in [3.63, 3.8) is 0 Å². The molecule has 12 nitrogen and oxygen atoms in total. The van der Waals surface area contributed by atoms with Crippen molar-refractivity contribution in [2.75, 3.05) is 42.9 Å². The van der Waals surface area contributed by atoms with Gasteiger partial charge in [-0.3, -0.25) is 15.0 Å². The van der Waals surface area contributed by atoms with E-state index in [1.54, 1.807) is 24.3 Å². The maximum Gasteiger partial charge on any atom is 0.319 e. The molecule has 2 heterocycles. The van der Waals surface area contributed by atoms with Crippen molar-refractivity contribution in [2.45, 2.75) is 38.6 Å². The van der Waals surface area contributed by atoms with E-state index < -0.39 is 6.29 Å². The number of nitrogens with zero attached hydrogens (tertiary/aromatic N) is 3. The summed E-state index contributed by atoms with van der Waals surface area (Å²) in [5.41, 5.74) is 7.46. The van der Waals surface area contributed by atoms with Crippen LogP contribution in [0.15, 0.2) is 152 Å². The summed E-state index contributed by atoms with van der Waals surface area (Å²) in [7, 11) is 0. The quantitative estimate of drug-likeness (QED) is 0.0769. The molecule has 2 aliphatic rings. The zero-order chi connectivity index (χ0) is 42.1. The highest BCUT2D eigenvalue weighted by Gasteiger charge is 2.39. The highest BCUT2D eigenvalue weighted by atomic mass is 16.7. The molecule has 4 unspecified atom stereocenters. The number of urea groups is 1. The molecular weight excluding hydrogens is 771 g/mol. The second-order valence-corrected chi connectivity index (χ2v) is 15.4. The van der Waals surface area contributed by atoms with Crippen molar-refractivity contribution in [1.29, 1.82) is 0 Å². The van der Waals surface area contributed by atoms with Gasteiger partial charge in [-0.25, -0.2) is 4.79 Å². The second-order valence-electron chi connectivity index (χ2n) is 15.4. The van der Waals surface area contributed by atoms with Gasteiger partial charge in [-0.15, -0.1) is 0 Å². The van der Waals surface area contributed by atoms with Gasteiger partial charge in [-0.2, -0.15) is 0 Å². The van der Waals surface area contributed by atoms with Gasteiger partial charge in [-0.05, 0) is 76.3 Å². The van der Waals surface area contributed by atoms with Crippen LogP contribution >= 0.6 is 0 Å². The third-order valence-electron chi connectivity index (χ3n) is 11.4. The van der Waals surface area contributed by atoms with E-state index in [4.69, 9.17) is 14.2 Å². The monoisotopic (exact) mass is 819 g/mol. The number of hydrogen-bond donors (Lipinski definition) is 3. The Kier molecular flexibility index (Phi) is 13.0. The minimum atomic E-state index is -0.612. The number of para-hydroxylation sites is 1. The number of aliphatic hydroxyl groups is 1. The van der Waals surface area contributed by atoms with Crippen LogP contribution in [-0.2, 0) is 22.6 Å². The molecule has 4 atom stereocenters. The molecule has 3 N–H and O–H groups in total. The summed E-state index contributed by atoms with van der Waals surface area (Å²) >= 11 is 0. The normalized spacial score (nSPS) is 19.2. The molecule has 0 aliphatic carbocycles. The zero-order valence-electron chi connectivity index (χ0n) is 33.9. The third kappa shape index (κ3) is 10.2. The number of piperazine rings is 1. The summed E-state index contributed by atoms with van der Waals surface area (Å²) in [6.45, 7) is 6.44. The van der Waals surface area contributed by atoms with E-state index in [0.29, 0.717) is 18.0 Å². The zero-order valence-corrected chi connectivity index (χ0v) is 33.9. The Bertz CT molecular complexity index is 2370. The van der Waals surface area contributed by atoms with Crippen LogP contribution in [0.1, 0.15) is 41.6 Å². The van der Waals surface area contributed by atoms with E-state index >= 15 is 0 Å². The Hall–Kier alpha value is -6.57. The number of benzene rings is 6. The number of anilines is 2. The van der Waals surface area contributed by atoms with Gasteiger partial charge in [0.15, 0.2) is 6.29 Å². The molecule has 2 saturated heterocycles. The van der Waals surface area contributed by atoms with Crippen molar-refractivity contribution >= 4 is 23.1 Å². The molecule has 61 heavy (non-hydrogen) atoms. The average Bonchev–Trinajstić information content (AvgIpc) is 3.30. The predicted octanol–water partition coefficient (Wildman–Crippen LogP) is 9.48. The number of carbonyl (C=O) groups is 1. The van der Waals surface area contributed by atoms with E-state index in [1.165, 1.54) is 0 Å². The van der Waals surface area contributed by atoms with Crippen LogP contribution in [0, 0.1) is 16.0 Å². The van der Waals surface area contributed by atoms with Crippen LogP contribution in [0.2, 0.25) is 0 Å². The lowest BCUT2D eigenvalue weighted by Gasteiger charge is -2.44. The Labute approximate surface area is 355 Å². The minimum Gasteiger partial charge on any atom is -0.457 e. The fourth-order valence-corrected chi connectivity index (χ4v) is 7.91. The first kappa shape index (κ1) is 41.2. The summed E-state index contributed by atoms with van der Waals surface area (Å²) in [5.74, 6) is 1.45. The first-order valence-electron chi connectivity index (χ1n) is 20.6. The summed E-state index contributed by atoms with van der Waals surface area (Å²) in [4.78, 5) is 28.4. The van der Waals surface area contributed by atoms with Crippen molar-refractivity contribution in [2.24, 2.45) is 5.92 Å². The largest absolute Gasteiger partial charge is 0.457 e. The third-order valence-corrected chi connectivity index (χ3v) is 11.4. The Balaban J connectivity index is 0.918. The van der Waals surface area contributed by atoms with Gasteiger partial charge in [0.1, 0.15) is 11.5 Å². The fraction of sp³-hybridized carbons (Fsp3) is 0.245. The molecule has 0 radical (unpaired) electrons. The first-order chi connectivity index (χ1) is 29.8. The molecule has 2 amide bonds. The van der Waals surface area contributed by atoms with E-state index in [1.807, 2.05) is 115 Å². The fourth-order valence-electron chi connectivity index (χ4n) is 7.91. The average molecular weight is 820 g/mol. The second kappa shape index (κ2) is 19.2. The molecule has 8 rings (SSSR count). The van der Waals surface area contributed by atoms with Gasteiger partial charge in [0, 0.05) is 74.3 Å². The summed E-state index contributed by atoms with van der Waals surface area (Å²) < 4.78 is 19.4. The van der Waals surface area contributed by atoms with Gasteiger partial charge in [0.2, 0.25) is 0 Å². The van der Waals surface area contributed by atoms with Crippen LogP contribution in [0.3, 0.4) is 0 Å². The first-order valence-corrected chi connectivity index (χ1v) is 20.6. The molecule has 0 spiro atoms. The van der Waals surface area contributed by atoms with Gasteiger partial charge in [0.25, 0.3) is 5.69 Å². The Morgan fingerprint density at radius 2 is 1.43 bits per heavy atom. The molecule has 6 aromatic rings. The van der Waals surface area contributed by atoms with E-state index in [0.717, 1.165) is 77.5 Å². The number of hydrogen-bond acceptors (Lipinski definition) is 9. The molecule has 312 valence electrons. The van der Waals surface area contributed by atoms with Gasteiger partial charge >= 0.3 is 6.03 Å². The summed E-state index contributed by atoms with van der Waals surface area (Å²) in [6.07, 6.45) is -0.986. The molecule has 2 fully saturated rings. The summed E-state index contributed by atoms with van der Waals surface area (Å²) in [5, 5.41) is 26.7. The van der Waals surface area contributed by atoms with Gasteiger partial charge in [0.05, 0.1) is 23.7 Å². The predicted molar refractivity (Wildman–Crippen MR) is 235 cm³/mol. The van der Waals surface area contributed by atoms with Gasteiger partial charge < -0.3 is 34.9 Å². The molecule has 0 aromatic heterocycles. The van der Waals surface area contributed by atoms with E-state index in [9.17, 15) is 20.0 Å². The molecule has 0 bridgehead atoms. The number of nitrogens with one attached hydrogen (secondary N) is 2. The van der Waals surface area contributed by atoms with Crippen LogP contribution in [0.4, 0.5) is 21.9 Å². The van der Waals surface area contributed by atoms with Crippen molar-refractivity contribution < 1.29 is 29.0 Å². The molecular formula is C49H49N5O7. The maximum absolute atomic E-state index is 13.0. The smallest absolute Gasteiger partial charge is 0.319 e. The lowest BCUT2D eigenvalue weighted by Crippen LogP contribution is -2.51. The highest BCUT2D eigenvalue weighted by molar-refractivity contribution is 5.89. The highest BCUT2D eigenvalue weighted by Crippen LogP contribution is 2.42. The number of aliphatic hydroxyl groups excluding tert-OH is 1. The standard InChI is InChI=1S/C49H49N5O7/c1-34-46(32-52-27-29-53(30-28-52)41-21-23-42(24-22-41)54(57)58)60-48(61-47(34)37-13-11-35(33-55)12-14-37)38-17-15-36(16-18-38)45-10-6-5-7-39(45)31-50-49(56)51-40-19-25-44(26-20-40)59-43-8-3-2-4-9-43/h2-26,34,46-48,55H,27-33H2,1H3,(H2,50,51,56). The van der Waals surface area contributed by atoms with Crippen LogP contribution < -0.4 is 20.3 Å². The van der Waals surface area contributed by atoms with Crippen molar-refractivity contribution in [3.8, 4) is 22.6 Å². The number of rotatable bonds is 13. The summed E-state index contributed by atoms with van der Waals surface area (Å²) in [6, 6.07) is 47.4. The maximum atomic E-state index is 13.0. The molecule has 12 heteroatoms. The Morgan fingerprint density at radius 3 is 2.11 bits per heavy atom. The number of ether oxygens (including phenoxy) is 3. The number of amides is 2. The van der Waals surface area contributed by atoms with E-state index in [-0.39, 0.29) is 41.4 Å². The lowest BCUT2D eigenvalue weighted by molar-refractivity contribution is -0.384. The van der Waals surface area contributed by atoms with Gasteiger partial charge in [-0.1, -0.05) is 97.9 Å². The molecule has 6 aromatic carbocycles. The Morgan fingerprint density at radius 1 is 0.770 bits per heavy atom. The van der Waals surface area contributed by atoms with Crippen LogP contribution in [-0.4, -0.2) is 59.8 Å². The van der Waals surface area contributed by atoms with Crippen LogP contribution in [0.25, 0.3) is 11.1 Å². The number of nitro benzene ring substituents is 1. The molecule has 2 aliphatic heterocycles. The topological polar surface area (TPSA) is 139 Å². The number of non-ortho nitro benzene ring substituents is 1. The number of nitro groups is 1. The minimum absolute atomic E-state index is 0.0270. The SMILES string of the molecule is CC1C(CN2CCN(c3ccc([N+](=O)[O-])cc3)CC2)OC(c2ccc(-c3ccccc3CNC(=O)Nc3ccc(Oc4ccccc4)cc3)cc2)OC1c1ccc(CO)cc1. The number of carbonyl (C=O) groups excluding carboxylic acids is 1. The lowest BCUT2D eigenvalue weighted by atomic mass is 9.89. The van der Waals surface area contributed by atoms with Crippen molar-refractivity contribution in [1.82, 2.24) is 10.2 Å².